The molecule has 1 heterocycles. The molecule has 1 aromatic heterocycles. The van der Waals surface area contributed by atoms with E-state index in [1.165, 1.54) is 5.56 Å². The van der Waals surface area contributed by atoms with Crippen molar-refractivity contribution in [3.05, 3.63) is 77.2 Å². The first kappa shape index (κ1) is 18.0. The van der Waals surface area contributed by atoms with Crippen LogP contribution < -0.4 is 4.74 Å². The molecule has 0 saturated carbocycles. The summed E-state index contributed by atoms with van der Waals surface area (Å²) in [6.45, 7) is 4.56. The minimum atomic E-state index is 0.0415. The largest absolute Gasteiger partial charge is 0.493 e. The van der Waals surface area contributed by atoms with Gasteiger partial charge in [-0.1, -0.05) is 42.0 Å². The Morgan fingerprint density at radius 2 is 1.92 bits per heavy atom. The zero-order valence-corrected chi connectivity index (χ0v) is 15.1. The molecule has 26 heavy (non-hydrogen) atoms. The average molecular weight is 349 g/mol. The molecule has 0 bridgehead atoms. The van der Waals surface area contributed by atoms with Crippen LogP contribution in [0.2, 0.25) is 0 Å². The molecule has 0 aliphatic rings. The number of nitrogens with zero attached hydrogens (tertiary/aromatic N) is 1. The number of aromatic nitrogens is 1. The van der Waals surface area contributed by atoms with Crippen LogP contribution in [-0.2, 0) is 6.42 Å². The van der Waals surface area contributed by atoms with Gasteiger partial charge in [-0.2, -0.15) is 0 Å². The van der Waals surface area contributed by atoms with E-state index in [0.29, 0.717) is 18.9 Å². The van der Waals surface area contributed by atoms with Crippen LogP contribution in [0.25, 0.3) is 17.5 Å². The Labute approximate surface area is 153 Å². The fourth-order valence-electron chi connectivity index (χ4n) is 2.69. The highest BCUT2D eigenvalue weighted by atomic mass is 16.5. The molecule has 134 valence electrons. The van der Waals surface area contributed by atoms with Crippen molar-refractivity contribution in [1.82, 2.24) is 4.98 Å². The molecule has 0 radical (unpaired) electrons. The Morgan fingerprint density at radius 3 is 2.65 bits per heavy atom. The molecule has 2 aromatic carbocycles. The van der Waals surface area contributed by atoms with Crippen molar-refractivity contribution in [2.75, 3.05) is 13.2 Å². The molecule has 1 N–H and O–H groups in total. The second-order valence-electron chi connectivity index (χ2n) is 6.14. The van der Waals surface area contributed by atoms with Gasteiger partial charge in [-0.05, 0) is 43.7 Å². The second kappa shape index (κ2) is 8.50. The summed E-state index contributed by atoms with van der Waals surface area (Å²) in [5, 5.41) is 8.79. The summed E-state index contributed by atoms with van der Waals surface area (Å²) < 4.78 is 11.6. The molecule has 0 aliphatic heterocycles. The highest BCUT2D eigenvalue weighted by molar-refractivity contribution is 5.55. The van der Waals surface area contributed by atoms with E-state index in [4.69, 9.17) is 14.3 Å². The van der Waals surface area contributed by atoms with Gasteiger partial charge in [0.25, 0.3) is 0 Å². The van der Waals surface area contributed by atoms with Crippen LogP contribution in [0, 0.1) is 13.8 Å². The van der Waals surface area contributed by atoms with E-state index < -0.39 is 0 Å². The lowest BCUT2D eigenvalue weighted by Crippen LogP contribution is -2.02. The van der Waals surface area contributed by atoms with Crippen molar-refractivity contribution in [3.8, 4) is 17.2 Å². The summed E-state index contributed by atoms with van der Waals surface area (Å²) >= 11 is 0. The van der Waals surface area contributed by atoms with Crippen LogP contribution in [-0.4, -0.2) is 23.3 Å². The van der Waals surface area contributed by atoms with E-state index in [1.54, 1.807) is 6.08 Å². The summed E-state index contributed by atoms with van der Waals surface area (Å²) in [6, 6.07) is 15.9. The SMILES string of the molecule is Cc1cccc(-c2nc(CCOc3ccc(/C=C/CO)cc3)c(C)o2)c1. The van der Waals surface area contributed by atoms with Gasteiger partial charge >= 0.3 is 0 Å². The van der Waals surface area contributed by atoms with E-state index in [0.717, 1.165) is 28.3 Å². The zero-order chi connectivity index (χ0) is 18.4. The lowest BCUT2D eigenvalue weighted by atomic mass is 10.1. The molecule has 0 atom stereocenters. The normalized spacial score (nSPS) is 11.2. The maximum Gasteiger partial charge on any atom is 0.226 e. The van der Waals surface area contributed by atoms with Gasteiger partial charge in [0.15, 0.2) is 0 Å². The van der Waals surface area contributed by atoms with Gasteiger partial charge in [0.2, 0.25) is 5.89 Å². The Morgan fingerprint density at radius 1 is 1.12 bits per heavy atom. The third-order valence-corrected chi connectivity index (χ3v) is 4.06. The van der Waals surface area contributed by atoms with Gasteiger partial charge in [-0.15, -0.1) is 0 Å². The number of hydrogen-bond donors (Lipinski definition) is 1. The smallest absolute Gasteiger partial charge is 0.226 e. The zero-order valence-electron chi connectivity index (χ0n) is 15.1. The van der Waals surface area contributed by atoms with Crippen molar-refractivity contribution in [1.29, 1.82) is 0 Å². The van der Waals surface area contributed by atoms with Gasteiger partial charge in [0, 0.05) is 12.0 Å². The van der Waals surface area contributed by atoms with Crippen molar-refractivity contribution in [2.24, 2.45) is 0 Å². The predicted octanol–water partition coefficient (Wildman–Crippen LogP) is 4.59. The van der Waals surface area contributed by atoms with E-state index >= 15 is 0 Å². The predicted molar refractivity (Wildman–Crippen MR) is 103 cm³/mol. The number of rotatable bonds is 7. The monoisotopic (exact) mass is 349 g/mol. The second-order valence-corrected chi connectivity index (χ2v) is 6.14. The first-order valence-corrected chi connectivity index (χ1v) is 8.69. The lowest BCUT2D eigenvalue weighted by Gasteiger charge is -2.05. The number of aliphatic hydroxyl groups excluding tert-OH is 1. The standard InChI is InChI=1S/C22H23NO3/c1-16-5-3-7-19(15-16)22-23-21(17(2)26-22)12-14-25-20-10-8-18(9-11-20)6-4-13-24/h3-11,15,24H,12-14H2,1-2H3/b6-4+. The number of hydrogen-bond acceptors (Lipinski definition) is 4. The van der Waals surface area contributed by atoms with Crippen LogP contribution in [0.15, 0.2) is 59.0 Å². The topological polar surface area (TPSA) is 55.5 Å². The molecule has 4 nitrogen and oxygen atoms in total. The van der Waals surface area contributed by atoms with Crippen molar-refractivity contribution < 1.29 is 14.3 Å². The summed E-state index contributed by atoms with van der Waals surface area (Å²) in [4.78, 5) is 4.62. The van der Waals surface area contributed by atoms with Crippen LogP contribution >= 0.6 is 0 Å². The van der Waals surface area contributed by atoms with Crippen LogP contribution in [0.5, 0.6) is 5.75 Å². The highest BCUT2D eigenvalue weighted by Gasteiger charge is 2.11. The number of aryl methyl sites for hydroxylation is 2. The Bertz CT molecular complexity index is 879. The summed E-state index contributed by atoms with van der Waals surface area (Å²) in [6.07, 6.45) is 4.26. The fraction of sp³-hybridized carbons (Fsp3) is 0.227. The minimum absolute atomic E-state index is 0.0415. The minimum Gasteiger partial charge on any atom is -0.493 e. The quantitative estimate of drug-likeness (QED) is 0.678. The highest BCUT2D eigenvalue weighted by Crippen LogP contribution is 2.23. The average Bonchev–Trinajstić information content (AvgIpc) is 3.02. The van der Waals surface area contributed by atoms with E-state index in [9.17, 15) is 0 Å². The summed E-state index contributed by atoms with van der Waals surface area (Å²) in [7, 11) is 0. The molecule has 0 aliphatic carbocycles. The molecule has 4 heteroatoms. The van der Waals surface area contributed by atoms with E-state index in [2.05, 4.69) is 24.0 Å². The molecular formula is C22H23NO3. The molecule has 0 spiro atoms. The van der Waals surface area contributed by atoms with Crippen LogP contribution in [0.4, 0.5) is 0 Å². The number of ether oxygens (including phenoxy) is 1. The van der Waals surface area contributed by atoms with Crippen molar-refractivity contribution >= 4 is 6.08 Å². The summed E-state index contributed by atoms with van der Waals surface area (Å²) in [5.74, 6) is 2.29. The molecule has 0 fully saturated rings. The molecule has 0 unspecified atom stereocenters. The van der Waals surface area contributed by atoms with Gasteiger partial charge < -0.3 is 14.3 Å². The number of aliphatic hydroxyl groups is 1. The first-order valence-electron chi connectivity index (χ1n) is 8.69. The maximum atomic E-state index is 8.79. The third kappa shape index (κ3) is 4.61. The Hall–Kier alpha value is -2.85. The maximum absolute atomic E-state index is 8.79. The van der Waals surface area contributed by atoms with Gasteiger partial charge in [0.05, 0.1) is 18.9 Å². The van der Waals surface area contributed by atoms with Crippen LogP contribution in [0.1, 0.15) is 22.6 Å². The van der Waals surface area contributed by atoms with E-state index in [1.807, 2.05) is 49.4 Å². The molecular weight excluding hydrogens is 326 g/mol. The van der Waals surface area contributed by atoms with E-state index in [-0.39, 0.29) is 6.61 Å². The first-order chi connectivity index (χ1) is 12.7. The van der Waals surface area contributed by atoms with Gasteiger partial charge in [0.1, 0.15) is 11.5 Å². The lowest BCUT2D eigenvalue weighted by molar-refractivity contribution is 0.320. The summed E-state index contributed by atoms with van der Waals surface area (Å²) in [5.41, 5.74) is 4.12. The fourth-order valence-corrected chi connectivity index (χ4v) is 2.69. The Balaban J connectivity index is 1.59. The molecule has 0 amide bonds. The Kier molecular flexibility index (Phi) is 5.87. The number of benzene rings is 2. The molecule has 3 rings (SSSR count). The van der Waals surface area contributed by atoms with Crippen LogP contribution in [0.3, 0.4) is 0 Å². The third-order valence-electron chi connectivity index (χ3n) is 4.06. The van der Waals surface area contributed by atoms with Crippen molar-refractivity contribution in [2.45, 2.75) is 20.3 Å². The van der Waals surface area contributed by atoms with Crippen molar-refractivity contribution in [3.63, 3.8) is 0 Å². The van der Waals surface area contributed by atoms with Gasteiger partial charge in [-0.3, -0.25) is 0 Å². The molecule has 3 aromatic rings. The molecule has 0 saturated heterocycles. The van der Waals surface area contributed by atoms with Gasteiger partial charge in [-0.25, -0.2) is 4.98 Å². The number of oxazole rings is 1.